The van der Waals surface area contributed by atoms with Gasteiger partial charge in [0.05, 0.1) is 10.6 Å². The molecule has 1 unspecified atom stereocenters. The Morgan fingerprint density at radius 2 is 1.55 bits per heavy atom. The second-order valence-electron chi connectivity index (χ2n) is 9.24. The van der Waals surface area contributed by atoms with E-state index in [9.17, 15) is 18.0 Å². The van der Waals surface area contributed by atoms with E-state index in [0.717, 1.165) is 14.3 Å². The van der Waals surface area contributed by atoms with Crippen molar-refractivity contribution in [1.29, 1.82) is 0 Å². The summed E-state index contributed by atoms with van der Waals surface area (Å²) < 4.78 is 29.6. The summed E-state index contributed by atoms with van der Waals surface area (Å²) in [5.41, 5.74) is 1.86. The number of carbonyl (C=O) groups excluding carboxylic acids is 2. The summed E-state index contributed by atoms with van der Waals surface area (Å²) in [6.07, 6.45) is 0. The summed E-state index contributed by atoms with van der Waals surface area (Å²) in [4.78, 5) is 28.2. The van der Waals surface area contributed by atoms with Crippen LogP contribution in [0.15, 0.2) is 82.2 Å². The van der Waals surface area contributed by atoms with Crippen LogP contribution in [0.2, 0.25) is 5.02 Å². The first kappa shape index (κ1) is 29.7. The highest BCUT2D eigenvalue weighted by molar-refractivity contribution is 9.10. The molecule has 0 aliphatic carbocycles. The molecule has 0 saturated heterocycles. The summed E-state index contributed by atoms with van der Waals surface area (Å²) in [5, 5.41) is 3.24. The average molecular weight is 621 g/mol. The zero-order chi connectivity index (χ0) is 28.0. The Balaban J connectivity index is 2.04. The molecular weight excluding hydrogens is 590 g/mol. The van der Waals surface area contributed by atoms with E-state index in [1.54, 1.807) is 38.1 Å². The first-order valence-electron chi connectivity index (χ1n) is 12.1. The molecule has 1 atom stereocenters. The summed E-state index contributed by atoms with van der Waals surface area (Å²) in [7, 11) is -4.14. The Kier molecular flexibility index (Phi) is 9.98. The third-order valence-electron chi connectivity index (χ3n) is 5.93. The average Bonchev–Trinajstić information content (AvgIpc) is 2.86. The third kappa shape index (κ3) is 7.36. The number of nitrogens with one attached hydrogen (secondary N) is 1. The number of nitrogens with zero attached hydrogens (tertiary/aromatic N) is 2. The Hall–Kier alpha value is -2.88. The number of aryl methyl sites for hydroxylation is 1. The van der Waals surface area contributed by atoms with Crippen LogP contribution in [0.25, 0.3) is 0 Å². The van der Waals surface area contributed by atoms with Crippen LogP contribution in [-0.4, -0.2) is 43.8 Å². The lowest BCUT2D eigenvalue weighted by Crippen LogP contribution is -2.52. The zero-order valence-corrected chi connectivity index (χ0v) is 24.8. The lowest BCUT2D eigenvalue weighted by Gasteiger charge is -2.32. The molecule has 0 saturated carbocycles. The van der Waals surface area contributed by atoms with E-state index in [2.05, 4.69) is 21.2 Å². The van der Waals surface area contributed by atoms with Crippen LogP contribution in [0.1, 0.15) is 31.9 Å². The minimum absolute atomic E-state index is 0.00279. The molecule has 0 aromatic heterocycles. The molecular formula is C28H31BrClN3O4S. The molecule has 3 rings (SSSR count). The van der Waals surface area contributed by atoms with Crippen LogP contribution in [-0.2, 0) is 26.2 Å². The van der Waals surface area contributed by atoms with Crippen molar-refractivity contribution in [2.75, 3.05) is 10.8 Å². The summed E-state index contributed by atoms with van der Waals surface area (Å²) in [6, 6.07) is 19.2. The quantitative estimate of drug-likeness (QED) is 0.322. The minimum Gasteiger partial charge on any atom is -0.352 e. The van der Waals surface area contributed by atoms with Gasteiger partial charge in [-0.05, 0) is 81.3 Å². The normalized spacial score (nSPS) is 12.2. The Morgan fingerprint density at radius 1 is 0.947 bits per heavy atom. The van der Waals surface area contributed by atoms with Gasteiger partial charge in [0.25, 0.3) is 10.0 Å². The molecule has 0 heterocycles. The van der Waals surface area contributed by atoms with Crippen LogP contribution in [0, 0.1) is 6.92 Å². The summed E-state index contributed by atoms with van der Waals surface area (Å²) in [5.74, 6) is -0.839. The topological polar surface area (TPSA) is 86.8 Å². The van der Waals surface area contributed by atoms with E-state index in [1.165, 1.54) is 29.2 Å². The molecule has 0 fully saturated rings. The van der Waals surface area contributed by atoms with Gasteiger partial charge in [0, 0.05) is 22.1 Å². The standard InChI is InChI=1S/C28H31BrClN3O4S/c1-19(2)31-28(35)21(4)32(17-22-9-11-23(29)12-10-22)27(34)18-33(26-8-6-5-7-20(26)3)38(36,37)25-15-13-24(30)14-16-25/h5-16,19,21H,17-18H2,1-4H3,(H,31,35). The third-order valence-corrected chi connectivity index (χ3v) is 8.48. The number of amides is 2. The number of anilines is 1. The maximum absolute atomic E-state index is 13.9. The number of rotatable bonds is 10. The van der Waals surface area contributed by atoms with E-state index >= 15 is 0 Å². The van der Waals surface area contributed by atoms with E-state index in [4.69, 9.17) is 11.6 Å². The monoisotopic (exact) mass is 619 g/mol. The van der Waals surface area contributed by atoms with Gasteiger partial charge in [-0.15, -0.1) is 0 Å². The van der Waals surface area contributed by atoms with Gasteiger partial charge in [-0.25, -0.2) is 8.42 Å². The fourth-order valence-electron chi connectivity index (χ4n) is 3.86. The molecule has 0 spiro atoms. The molecule has 0 aliphatic heterocycles. The maximum atomic E-state index is 13.9. The molecule has 202 valence electrons. The molecule has 2 amide bonds. The van der Waals surface area contributed by atoms with Crippen molar-refractivity contribution in [2.45, 2.75) is 51.2 Å². The molecule has 0 bridgehead atoms. The van der Waals surface area contributed by atoms with Crippen LogP contribution in [0.3, 0.4) is 0 Å². The first-order valence-corrected chi connectivity index (χ1v) is 14.7. The molecule has 0 radical (unpaired) electrons. The fraction of sp³-hybridized carbons (Fsp3) is 0.286. The SMILES string of the molecule is Cc1ccccc1N(CC(=O)N(Cc1ccc(Br)cc1)C(C)C(=O)NC(C)C)S(=O)(=O)c1ccc(Cl)cc1. The van der Waals surface area contributed by atoms with Gasteiger partial charge in [0.2, 0.25) is 11.8 Å². The van der Waals surface area contributed by atoms with Gasteiger partial charge in [0.1, 0.15) is 12.6 Å². The highest BCUT2D eigenvalue weighted by Crippen LogP contribution is 2.28. The second kappa shape index (κ2) is 12.8. The number of hydrogen-bond acceptors (Lipinski definition) is 4. The van der Waals surface area contributed by atoms with Gasteiger partial charge >= 0.3 is 0 Å². The largest absolute Gasteiger partial charge is 0.352 e. The predicted molar refractivity (Wildman–Crippen MR) is 155 cm³/mol. The first-order chi connectivity index (χ1) is 17.9. The van der Waals surface area contributed by atoms with Gasteiger partial charge in [-0.2, -0.15) is 0 Å². The molecule has 0 aliphatic rings. The summed E-state index contributed by atoms with van der Waals surface area (Å²) >= 11 is 9.39. The number of carbonyl (C=O) groups is 2. The van der Waals surface area contributed by atoms with E-state index in [1.807, 2.05) is 38.1 Å². The van der Waals surface area contributed by atoms with Crippen molar-refractivity contribution in [1.82, 2.24) is 10.2 Å². The summed E-state index contributed by atoms with van der Waals surface area (Å²) in [6.45, 7) is 6.73. The van der Waals surface area contributed by atoms with Gasteiger partial charge < -0.3 is 10.2 Å². The van der Waals surface area contributed by atoms with Crippen molar-refractivity contribution in [2.24, 2.45) is 0 Å². The minimum atomic E-state index is -4.14. The highest BCUT2D eigenvalue weighted by atomic mass is 79.9. The van der Waals surface area contributed by atoms with Crippen molar-refractivity contribution >= 4 is 55.1 Å². The number of sulfonamides is 1. The van der Waals surface area contributed by atoms with E-state index in [0.29, 0.717) is 16.3 Å². The van der Waals surface area contributed by atoms with E-state index < -0.39 is 28.5 Å². The molecule has 38 heavy (non-hydrogen) atoms. The van der Waals surface area contributed by atoms with Crippen LogP contribution < -0.4 is 9.62 Å². The van der Waals surface area contributed by atoms with Crippen molar-refractivity contribution < 1.29 is 18.0 Å². The van der Waals surface area contributed by atoms with Gasteiger partial charge in [-0.1, -0.05) is 57.9 Å². The second-order valence-corrected chi connectivity index (χ2v) is 12.5. The molecule has 10 heteroatoms. The highest BCUT2D eigenvalue weighted by Gasteiger charge is 2.33. The fourth-order valence-corrected chi connectivity index (χ4v) is 5.73. The lowest BCUT2D eigenvalue weighted by atomic mass is 10.1. The smallest absolute Gasteiger partial charge is 0.264 e. The molecule has 3 aromatic rings. The van der Waals surface area contributed by atoms with Crippen LogP contribution >= 0.6 is 27.5 Å². The van der Waals surface area contributed by atoms with Crippen molar-refractivity contribution in [3.05, 3.63) is 93.4 Å². The van der Waals surface area contributed by atoms with Gasteiger partial charge in [0.15, 0.2) is 0 Å². The molecule has 1 N–H and O–H groups in total. The van der Waals surface area contributed by atoms with Crippen molar-refractivity contribution in [3.63, 3.8) is 0 Å². The van der Waals surface area contributed by atoms with Gasteiger partial charge in [-0.3, -0.25) is 13.9 Å². The Bertz CT molecular complexity index is 1380. The van der Waals surface area contributed by atoms with E-state index in [-0.39, 0.29) is 23.4 Å². The number of benzene rings is 3. The number of halogens is 2. The number of para-hydroxylation sites is 1. The maximum Gasteiger partial charge on any atom is 0.264 e. The van der Waals surface area contributed by atoms with Crippen LogP contribution in [0.5, 0.6) is 0 Å². The van der Waals surface area contributed by atoms with Crippen molar-refractivity contribution in [3.8, 4) is 0 Å². The van der Waals surface area contributed by atoms with Crippen LogP contribution in [0.4, 0.5) is 5.69 Å². The molecule has 7 nitrogen and oxygen atoms in total. The lowest BCUT2D eigenvalue weighted by molar-refractivity contribution is -0.139. The Labute approximate surface area is 238 Å². The Morgan fingerprint density at radius 3 is 2.13 bits per heavy atom. The predicted octanol–water partition coefficient (Wildman–Crippen LogP) is 5.55. The zero-order valence-electron chi connectivity index (χ0n) is 21.7. The molecule has 3 aromatic carbocycles. The number of hydrogen-bond donors (Lipinski definition) is 1.